The lowest BCUT2D eigenvalue weighted by molar-refractivity contribution is 0.00607. The van der Waals surface area contributed by atoms with Crippen LogP contribution in [0.3, 0.4) is 0 Å². The minimum Gasteiger partial charge on any atom is -0.481 e. The summed E-state index contributed by atoms with van der Waals surface area (Å²) in [5.74, 6) is 6.39. The van der Waals surface area contributed by atoms with Crippen LogP contribution >= 0.6 is 27.7 Å². The summed E-state index contributed by atoms with van der Waals surface area (Å²) in [5, 5.41) is 8.98. The number of carbonyl (C=O) groups excluding carboxylic acids is 1. The second-order valence-corrected chi connectivity index (χ2v) is 9.44. The number of carbonyl (C=O) groups is 1. The molecule has 1 fully saturated rings. The summed E-state index contributed by atoms with van der Waals surface area (Å²) < 4.78 is 12.3. The third kappa shape index (κ3) is 7.18. The molecule has 0 aromatic heterocycles. The zero-order chi connectivity index (χ0) is 22.1. The molecule has 0 spiro atoms. The van der Waals surface area contributed by atoms with Crippen molar-refractivity contribution in [3.63, 3.8) is 0 Å². The van der Waals surface area contributed by atoms with E-state index in [9.17, 15) is 4.79 Å². The summed E-state index contributed by atoms with van der Waals surface area (Å²) in [6, 6.07) is 15.9. The van der Waals surface area contributed by atoms with E-state index in [0.717, 1.165) is 34.8 Å². The normalized spacial score (nSPS) is 15.5. The number of nitrogens with one attached hydrogen (secondary N) is 1. The molecule has 1 saturated heterocycles. The van der Waals surface area contributed by atoms with Crippen LogP contribution in [0.2, 0.25) is 0 Å². The summed E-state index contributed by atoms with van der Waals surface area (Å²) in [5.41, 5.74) is 2.83. The van der Waals surface area contributed by atoms with Crippen LogP contribution in [0.4, 0.5) is 4.79 Å². The Hall–Kier alpha value is -2.18. The number of hydroxylamine groups is 1. The molecule has 1 amide bonds. The van der Waals surface area contributed by atoms with Gasteiger partial charge in [-0.3, -0.25) is 10.1 Å². The quantitative estimate of drug-likeness (QED) is 0.238. The SMILES string of the molecule is CC#CCOc1ccc(SC2(OC(=O)NO)CCN(Cc3ccc(Br)cc3)CC2)cc1. The van der Waals surface area contributed by atoms with Crippen LogP contribution in [0.25, 0.3) is 0 Å². The van der Waals surface area contributed by atoms with E-state index < -0.39 is 11.0 Å². The monoisotopic (exact) mass is 504 g/mol. The number of thioether (sulfide) groups is 1. The van der Waals surface area contributed by atoms with E-state index in [1.165, 1.54) is 17.3 Å². The van der Waals surface area contributed by atoms with Crippen molar-refractivity contribution in [3.8, 4) is 17.6 Å². The molecule has 1 aliphatic rings. The average Bonchev–Trinajstić information content (AvgIpc) is 2.78. The molecule has 0 bridgehead atoms. The van der Waals surface area contributed by atoms with E-state index >= 15 is 0 Å². The van der Waals surface area contributed by atoms with Crippen molar-refractivity contribution in [2.45, 2.75) is 36.1 Å². The van der Waals surface area contributed by atoms with Gasteiger partial charge in [0, 0.05) is 41.8 Å². The number of rotatable bonds is 7. The summed E-state index contributed by atoms with van der Waals surface area (Å²) in [6.45, 7) is 4.51. The van der Waals surface area contributed by atoms with Gasteiger partial charge in [-0.05, 0) is 48.9 Å². The van der Waals surface area contributed by atoms with Crippen LogP contribution in [-0.4, -0.2) is 40.8 Å². The van der Waals surface area contributed by atoms with E-state index in [4.69, 9.17) is 14.7 Å². The van der Waals surface area contributed by atoms with Crippen LogP contribution in [0.5, 0.6) is 5.75 Å². The fraction of sp³-hybridized carbons (Fsp3) is 0.348. The molecule has 2 aromatic carbocycles. The highest BCUT2D eigenvalue weighted by Crippen LogP contribution is 2.42. The molecule has 0 aliphatic carbocycles. The molecule has 1 heterocycles. The first-order chi connectivity index (χ1) is 15.0. The Morgan fingerprint density at radius 2 is 1.87 bits per heavy atom. The largest absolute Gasteiger partial charge is 0.481 e. The number of ether oxygens (including phenoxy) is 2. The first-order valence-electron chi connectivity index (χ1n) is 9.93. The Bertz CT molecular complexity index is 917. The molecule has 8 heteroatoms. The Balaban J connectivity index is 1.64. The smallest absolute Gasteiger partial charge is 0.432 e. The molecule has 0 atom stereocenters. The van der Waals surface area contributed by atoms with Gasteiger partial charge in [-0.2, -0.15) is 0 Å². The van der Waals surface area contributed by atoms with Gasteiger partial charge < -0.3 is 9.47 Å². The third-order valence-electron chi connectivity index (χ3n) is 4.92. The molecule has 6 nitrogen and oxygen atoms in total. The summed E-state index contributed by atoms with van der Waals surface area (Å²) in [6.07, 6.45) is 0.449. The fourth-order valence-electron chi connectivity index (χ4n) is 3.33. The third-order valence-corrected chi connectivity index (χ3v) is 6.82. The van der Waals surface area contributed by atoms with Crippen molar-refractivity contribution in [2.75, 3.05) is 19.7 Å². The van der Waals surface area contributed by atoms with Gasteiger partial charge in [0.25, 0.3) is 0 Å². The van der Waals surface area contributed by atoms with Crippen molar-refractivity contribution in [1.82, 2.24) is 10.4 Å². The Kier molecular flexibility index (Phi) is 8.67. The Morgan fingerprint density at radius 1 is 1.19 bits per heavy atom. The summed E-state index contributed by atoms with van der Waals surface area (Å²) >= 11 is 4.95. The van der Waals surface area contributed by atoms with Gasteiger partial charge in [-0.15, -0.1) is 5.92 Å². The zero-order valence-corrected chi connectivity index (χ0v) is 19.7. The molecular weight excluding hydrogens is 480 g/mol. The molecule has 2 N–H and O–H groups in total. The van der Waals surface area contributed by atoms with Crippen molar-refractivity contribution in [2.24, 2.45) is 0 Å². The maximum absolute atomic E-state index is 11.8. The van der Waals surface area contributed by atoms with Crippen LogP contribution in [0.15, 0.2) is 57.9 Å². The molecule has 0 radical (unpaired) electrons. The van der Waals surface area contributed by atoms with Gasteiger partial charge >= 0.3 is 6.09 Å². The van der Waals surface area contributed by atoms with E-state index in [0.29, 0.717) is 19.4 Å². The molecule has 0 unspecified atom stereocenters. The van der Waals surface area contributed by atoms with Gasteiger partial charge in [0.05, 0.1) is 0 Å². The highest BCUT2D eigenvalue weighted by molar-refractivity contribution is 9.10. The molecule has 3 rings (SSSR count). The number of piperidine rings is 1. The summed E-state index contributed by atoms with van der Waals surface area (Å²) in [4.78, 5) is 14.4. The van der Waals surface area contributed by atoms with E-state index in [2.05, 4.69) is 44.8 Å². The second kappa shape index (κ2) is 11.4. The van der Waals surface area contributed by atoms with E-state index in [-0.39, 0.29) is 0 Å². The number of likely N-dealkylation sites (tertiary alicyclic amines) is 1. The van der Waals surface area contributed by atoms with Gasteiger partial charge in [0.1, 0.15) is 12.4 Å². The topological polar surface area (TPSA) is 71.0 Å². The first-order valence-corrected chi connectivity index (χ1v) is 11.5. The highest BCUT2D eigenvalue weighted by atomic mass is 79.9. The van der Waals surface area contributed by atoms with Gasteiger partial charge in [-0.25, -0.2) is 10.3 Å². The average molecular weight is 505 g/mol. The molecule has 0 saturated carbocycles. The minimum absolute atomic E-state index is 0.348. The van der Waals surface area contributed by atoms with Crippen LogP contribution in [0.1, 0.15) is 25.3 Å². The molecule has 1 aliphatic heterocycles. The maximum atomic E-state index is 11.8. The minimum atomic E-state index is -0.841. The molecular formula is C23H25BrN2O4S. The predicted octanol–water partition coefficient (Wildman–Crippen LogP) is 5.05. The van der Waals surface area contributed by atoms with Crippen molar-refractivity contribution >= 4 is 33.8 Å². The first kappa shape index (κ1) is 23.5. The van der Waals surface area contributed by atoms with Gasteiger partial charge in [-0.1, -0.05) is 45.7 Å². The number of benzene rings is 2. The van der Waals surface area contributed by atoms with Crippen LogP contribution in [-0.2, 0) is 11.3 Å². The van der Waals surface area contributed by atoms with Crippen molar-refractivity contribution < 1.29 is 19.5 Å². The molecule has 164 valence electrons. The lowest BCUT2D eigenvalue weighted by atomic mass is 10.1. The van der Waals surface area contributed by atoms with Gasteiger partial charge in [0.15, 0.2) is 4.93 Å². The van der Waals surface area contributed by atoms with Crippen LogP contribution < -0.4 is 10.2 Å². The number of nitrogens with zero attached hydrogens (tertiary/aromatic N) is 1. The van der Waals surface area contributed by atoms with Crippen molar-refractivity contribution in [3.05, 3.63) is 58.6 Å². The van der Waals surface area contributed by atoms with Crippen LogP contribution in [0, 0.1) is 11.8 Å². The number of hydrogen-bond acceptors (Lipinski definition) is 6. The molecule has 31 heavy (non-hydrogen) atoms. The zero-order valence-electron chi connectivity index (χ0n) is 17.3. The fourth-order valence-corrected chi connectivity index (χ4v) is 4.80. The number of halogens is 1. The second-order valence-electron chi connectivity index (χ2n) is 7.10. The van der Waals surface area contributed by atoms with Crippen molar-refractivity contribution in [1.29, 1.82) is 0 Å². The van der Waals surface area contributed by atoms with E-state index in [1.54, 1.807) is 12.4 Å². The lowest BCUT2D eigenvalue weighted by Crippen LogP contribution is -2.46. The standard InChI is InChI=1S/C23H25BrN2O4S/c1-2-3-16-29-20-8-10-21(11-9-20)31-23(30-22(27)25-28)12-14-26(15-13-23)17-18-4-6-19(24)7-5-18/h4-11,28H,12-17H2,1H3,(H,25,27). The van der Waals surface area contributed by atoms with Gasteiger partial charge in [0.2, 0.25) is 0 Å². The number of amides is 1. The Morgan fingerprint density at radius 3 is 2.48 bits per heavy atom. The lowest BCUT2D eigenvalue weighted by Gasteiger charge is -2.40. The maximum Gasteiger partial charge on any atom is 0.432 e. The predicted molar refractivity (Wildman–Crippen MR) is 124 cm³/mol. The summed E-state index contributed by atoms with van der Waals surface area (Å²) in [7, 11) is 0. The van der Waals surface area contributed by atoms with E-state index in [1.807, 2.05) is 36.4 Å². The molecule has 2 aromatic rings. The Labute approximate surface area is 195 Å². The number of hydrogen-bond donors (Lipinski definition) is 2. The highest BCUT2D eigenvalue weighted by Gasteiger charge is 2.39.